The van der Waals surface area contributed by atoms with E-state index in [1.807, 2.05) is 6.92 Å². The van der Waals surface area contributed by atoms with Crippen molar-refractivity contribution in [3.8, 4) is 0 Å². The molecule has 0 saturated heterocycles. The van der Waals surface area contributed by atoms with E-state index in [1.54, 1.807) is 31.2 Å². The number of hydrogen-bond acceptors (Lipinski definition) is 2. The van der Waals surface area contributed by atoms with E-state index in [0.29, 0.717) is 0 Å². The van der Waals surface area contributed by atoms with Gasteiger partial charge in [-0.3, -0.25) is 5.41 Å². The maximum Gasteiger partial charge on any atom is 0.0813 e. The van der Waals surface area contributed by atoms with Crippen LogP contribution in [0.5, 0.6) is 0 Å². The van der Waals surface area contributed by atoms with Crippen molar-refractivity contribution in [2.24, 2.45) is 0 Å². The summed E-state index contributed by atoms with van der Waals surface area (Å²) in [7, 11) is 0. The molecule has 0 aliphatic heterocycles. The van der Waals surface area contributed by atoms with Gasteiger partial charge in [-0.25, -0.2) is 0 Å². The average Bonchev–Trinajstić information content (AvgIpc) is 2.05. The molecule has 0 aromatic heterocycles. The fourth-order valence-corrected chi connectivity index (χ4v) is 0.712. The predicted molar refractivity (Wildman–Crippen MR) is 54.2 cm³/mol. The third-order valence-corrected chi connectivity index (χ3v) is 1.39. The summed E-state index contributed by atoms with van der Waals surface area (Å²) in [6.07, 6.45) is 6.98. The van der Waals surface area contributed by atoms with Crippen molar-refractivity contribution in [3.05, 3.63) is 36.5 Å². The Kier molecular flexibility index (Phi) is 4.61. The van der Waals surface area contributed by atoms with Crippen LogP contribution in [0.15, 0.2) is 36.5 Å². The first-order valence-corrected chi connectivity index (χ1v) is 3.73. The van der Waals surface area contributed by atoms with Crippen LogP contribution in [0, 0.1) is 10.8 Å². The molecule has 64 valence electrons. The van der Waals surface area contributed by atoms with Gasteiger partial charge in [-0.2, -0.15) is 0 Å². The van der Waals surface area contributed by atoms with E-state index in [1.165, 1.54) is 0 Å². The Bertz CT molecular complexity index is 257. The maximum atomic E-state index is 7.50. The highest BCUT2D eigenvalue weighted by Gasteiger charge is 2.01. The number of hydrogen-bond donors (Lipinski definition) is 2. The van der Waals surface area contributed by atoms with E-state index in [0.717, 1.165) is 5.57 Å². The Balaban J connectivity index is 4.59. The molecule has 2 heteroatoms. The summed E-state index contributed by atoms with van der Waals surface area (Å²) in [6, 6.07) is 0. The van der Waals surface area contributed by atoms with Crippen molar-refractivity contribution in [2.45, 2.75) is 13.8 Å². The molecule has 2 nitrogen and oxygen atoms in total. The molecule has 0 radical (unpaired) electrons. The highest BCUT2D eigenvalue weighted by molar-refractivity contribution is 6.45. The molecule has 0 unspecified atom stereocenters. The minimum absolute atomic E-state index is 0.260. The van der Waals surface area contributed by atoms with E-state index in [-0.39, 0.29) is 11.4 Å². The van der Waals surface area contributed by atoms with Gasteiger partial charge in [0.05, 0.1) is 11.4 Å². The molecule has 2 N–H and O–H groups in total. The van der Waals surface area contributed by atoms with Gasteiger partial charge < -0.3 is 5.41 Å². The van der Waals surface area contributed by atoms with Crippen LogP contribution < -0.4 is 0 Å². The normalized spacial score (nSPS) is 11.7. The fraction of sp³-hybridized carbons (Fsp3) is 0.200. The molecule has 12 heavy (non-hydrogen) atoms. The van der Waals surface area contributed by atoms with E-state index >= 15 is 0 Å². The van der Waals surface area contributed by atoms with Crippen molar-refractivity contribution in [1.82, 2.24) is 0 Å². The lowest BCUT2D eigenvalue weighted by molar-refractivity contribution is 1.45. The van der Waals surface area contributed by atoms with Gasteiger partial charge in [-0.1, -0.05) is 30.9 Å². The second kappa shape index (κ2) is 5.24. The summed E-state index contributed by atoms with van der Waals surface area (Å²) in [5.41, 5.74) is 1.29. The lowest BCUT2D eigenvalue weighted by Crippen LogP contribution is -2.08. The molecule has 0 saturated carbocycles. The minimum Gasteiger partial charge on any atom is -0.303 e. The van der Waals surface area contributed by atoms with Gasteiger partial charge in [0, 0.05) is 0 Å². The molecule has 0 spiro atoms. The quantitative estimate of drug-likeness (QED) is 0.471. The average molecular weight is 162 g/mol. The molecule has 0 amide bonds. The van der Waals surface area contributed by atoms with Gasteiger partial charge >= 0.3 is 0 Å². The van der Waals surface area contributed by atoms with Crippen LogP contribution in [-0.2, 0) is 0 Å². The first-order valence-electron chi connectivity index (χ1n) is 3.73. The monoisotopic (exact) mass is 162 g/mol. The summed E-state index contributed by atoms with van der Waals surface area (Å²) in [5, 5.41) is 14.7. The topological polar surface area (TPSA) is 47.7 Å². The molecule has 0 rings (SSSR count). The van der Waals surface area contributed by atoms with Crippen molar-refractivity contribution >= 4 is 11.4 Å². The van der Waals surface area contributed by atoms with Crippen LogP contribution in [0.1, 0.15) is 13.8 Å². The van der Waals surface area contributed by atoms with Gasteiger partial charge in [-0.05, 0) is 19.4 Å². The van der Waals surface area contributed by atoms with Gasteiger partial charge in [-0.15, -0.1) is 0 Å². The Labute approximate surface area is 73.3 Å². The van der Waals surface area contributed by atoms with E-state index < -0.39 is 0 Å². The summed E-state index contributed by atoms with van der Waals surface area (Å²) in [4.78, 5) is 0. The Hall–Kier alpha value is -1.44. The zero-order valence-electron chi connectivity index (χ0n) is 7.52. The first kappa shape index (κ1) is 10.6. The molecule has 0 fully saturated rings. The molecule has 0 aliphatic carbocycles. The Morgan fingerprint density at radius 1 is 1.33 bits per heavy atom. The van der Waals surface area contributed by atoms with E-state index in [4.69, 9.17) is 10.8 Å². The van der Waals surface area contributed by atoms with Gasteiger partial charge in [0.15, 0.2) is 0 Å². The van der Waals surface area contributed by atoms with Crippen molar-refractivity contribution in [1.29, 1.82) is 10.8 Å². The Morgan fingerprint density at radius 3 is 2.25 bits per heavy atom. The van der Waals surface area contributed by atoms with Crippen LogP contribution in [0.4, 0.5) is 0 Å². The van der Waals surface area contributed by atoms with Gasteiger partial charge in [0.25, 0.3) is 0 Å². The minimum atomic E-state index is 0.260. The first-order chi connectivity index (χ1) is 5.63. The van der Waals surface area contributed by atoms with Gasteiger partial charge in [0.2, 0.25) is 0 Å². The molecule has 0 aromatic carbocycles. The van der Waals surface area contributed by atoms with Crippen LogP contribution in [0.3, 0.4) is 0 Å². The second-order valence-corrected chi connectivity index (χ2v) is 2.34. The lowest BCUT2D eigenvalue weighted by atomic mass is 10.1. The second-order valence-electron chi connectivity index (χ2n) is 2.34. The third-order valence-electron chi connectivity index (χ3n) is 1.39. The summed E-state index contributed by atoms with van der Waals surface area (Å²) >= 11 is 0. The highest BCUT2D eigenvalue weighted by atomic mass is 14.5. The maximum absolute atomic E-state index is 7.50. The molecule has 0 heterocycles. The SMILES string of the molecule is C=C/C=C\C(=C/C)C(=N)C(C)=N. The molecular formula is C10H14N2. The van der Waals surface area contributed by atoms with Crippen molar-refractivity contribution in [2.75, 3.05) is 0 Å². The van der Waals surface area contributed by atoms with Crippen LogP contribution in [0.2, 0.25) is 0 Å². The van der Waals surface area contributed by atoms with Crippen LogP contribution in [-0.4, -0.2) is 11.4 Å². The lowest BCUT2D eigenvalue weighted by Gasteiger charge is -2.00. The van der Waals surface area contributed by atoms with Crippen molar-refractivity contribution < 1.29 is 0 Å². The number of nitrogens with one attached hydrogen (secondary N) is 2. The number of allylic oxidation sites excluding steroid dienone is 5. The molecule has 0 bridgehead atoms. The zero-order chi connectivity index (χ0) is 9.56. The predicted octanol–water partition coefficient (Wildman–Crippen LogP) is 2.73. The zero-order valence-corrected chi connectivity index (χ0v) is 7.52. The van der Waals surface area contributed by atoms with E-state index in [9.17, 15) is 0 Å². The summed E-state index contributed by atoms with van der Waals surface area (Å²) < 4.78 is 0. The molecule has 0 aliphatic rings. The fourth-order valence-electron chi connectivity index (χ4n) is 0.712. The van der Waals surface area contributed by atoms with Gasteiger partial charge in [0.1, 0.15) is 0 Å². The highest BCUT2D eigenvalue weighted by Crippen LogP contribution is 2.00. The van der Waals surface area contributed by atoms with E-state index in [2.05, 4.69) is 6.58 Å². The standard InChI is InChI=1S/C10H14N2/c1-4-6-7-9(5-2)10(12)8(3)11/h4-7,11-12H,1H2,2-3H3/b7-6-,9-5+,11-8?,12-10?. The summed E-state index contributed by atoms with van der Waals surface area (Å²) in [6.45, 7) is 6.99. The number of rotatable bonds is 4. The van der Waals surface area contributed by atoms with Crippen molar-refractivity contribution in [3.63, 3.8) is 0 Å². The largest absolute Gasteiger partial charge is 0.303 e. The van der Waals surface area contributed by atoms with Crippen LogP contribution in [0.25, 0.3) is 0 Å². The molecule has 0 aromatic rings. The smallest absolute Gasteiger partial charge is 0.0813 e. The summed E-state index contributed by atoms with van der Waals surface area (Å²) in [5.74, 6) is 0. The Morgan fingerprint density at radius 2 is 1.92 bits per heavy atom. The molecular weight excluding hydrogens is 148 g/mol. The third kappa shape index (κ3) is 3.10. The molecule has 0 atom stereocenters. The van der Waals surface area contributed by atoms with Crippen LogP contribution >= 0.6 is 0 Å².